The second-order valence-electron chi connectivity index (χ2n) is 10.4. The third-order valence-corrected chi connectivity index (χ3v) is 7.23. The minimum atomic E-state index is 0.0567. The van der Waals surface area contributed by atoms with Gasteiger partial charge in [0.1, 0.15) is 22.9 Å². The van der Waals surface area contributed by atoms with E-state index >= 15 is 0 Å². The summed E-state index contributed by atoms with van der Waals surface area (Å²) in [5.41, 5.74) is 4.15. The molecule has 3 aromatic rings. The Hall–Kier alpha value is -3.14. The van der Waals surface area contributed by atoms with E-state index in [1.165, 1.54) is 95.5 Å². The van der Waals surface area contributed by atoms with Crippen molar-refractivity contribution in [3.8, 4) is 22.6 Å². The molecule has 0 spiro atoms. The van der Waals surface area contributed by atoms with Gasteiger partial charge in [-0.3, -0.25) is 0 Å². The van der Waals surface area contributed by atoms with Crippen molar-refractivity contribution in [3.63, 3.8) is 0 Å². The van der Waals surface area contributed by atoms with Crippen molar-refractivity contribution < 1.29 is 10.2 Å². The van der Waals surface area contributed by atoms with E-state index in [0.717, 1.165) is 17.5 Å². The molecule has 0 saturated heterocycles. The van der Waals surface area contributed by atoms with Gasteiger partial charge >= 0.3 is 0 Å². The third kappa shape index (κ3) is 10.7. The van der Waals surface area contributed by atoms with Gasteiger partial charge in [0.2, 0.25) is 0 Å². The molecule has 0 fully saturated rings. The minimum absolute atomic E-state index is 0.0567. The van der Waals surface area contributed by atoms with E-state index in [1.807, 2.05) is 12.1 Å². The standard InChI is InChI=1S/C34H46N2O2/c1-2-3-4-5-6-7-8-9-10-11-12-13-14-15-18-28-21-23-29(24-22-28)30-25-26-34(38)32(27-30)36-35-31-19-16-17-20-33(31)37/h16-17,19-27,37-38H,2-15,18H2,1H3. The molecule has 2 N–H and O–H groups in total. The first-order valence-corrected chi connectivity index (χ1v) is 14.8. The van der Waals surface area contributed by atoms with Gasteiger partial charge in [-0.2, -0.15) is 0 Å². The molecule has 0 aromatic heterocycles. The maximum Gasteiger partial charge on any atom is 0.143 e. The van der Waals surface area contributed by atoms with Gasteiger partial charge in [0.15, 0.2) is 0 Å². The molecule has 0 unspecified atom stereocenters. The number of benzene rings is 3. The molecule has 38 heavy (non-hydrogen) atoms. The average molecular weight is 515 g/mol. The molecule has 0 amide bonds. The van der Waals surface area contributed by atoms with Crippen molar-refractivity contribution >= 4 is 11.4 Å². The molecule has 4 heteroatoms. The number of unbranched alkanes of at least 4 members (excludes halogenated alkanes) is 13. The molecule has 3 rings (SSSR count). The van der Waals surface area contributed by atoms with Crippen molar-refractivity contribution in [2.24, 2.45) is 10.2 Å². The fourth-order valence-electron chi connectivity index (χ4n) is 4.83. The molecule has 0 aliphatic rings. The summed E-state index contributed by atoms with van der Waals surface area (Å²) in [6, 6.07) is 20.8. The van der Waals surface area contributed by atoms with E-state index in [2.05, 4.69) is 41.4 Å². The molecule has 0 bridgehead atoms. The highest BCUT2D eigenvalue weighted by Gasteiger charge is 2.06. The molecule has 0 aliphatic carbocycles. The fraction of sp³-hybridized carbons (Fsp3) is 0.471. The van der Waals surface area contributed by atoms with Crippen molar-refractivity contribution in [3.05, 3.63) is 72.3 Å². The number of phenols is 2. The van der Waals surface area contributed by atoms with Crippen LogP contribution in [0.1, 0.15) is 102 Å². The molecule has 204 valence electrons. The number of aromatic hydroxyl groups is 2. The van der Waals surface area contributed by atoms with E-state index in [-0.39, 0.29) is 11.5 Å². The van der Waals surface area contributed by atoms with E-state index in [4.69, 9.17) is 0 Å². The number of hydrogen-bond donors (Lipinski definition) is 2. The number of aryl methyl sites for hydroxylation is 1. The maximum absolute atomic E-state index is 10.2. The van der Waals surface area contributed by atoms with Gasteiger partial charge in [-0.05, 0) is 53.8 Å². The topological polar surface area (TPSA) is 65.2 Å². The van der Waals surface area contributed by atoms with Crippen LogP contribution in [0.15, 0.2) is 77.0 Å². The Morgan fingerprint density at radius 1 is 0.500 bits per heavy atom. The van der Waals surface area contributed by atoms with Crippen molar-refractivity contribution in [1.29, 1.82) is 0 Å². The SMILES string of the molecule is CCCCCCCCCCCCCCCCc1ccc(-c2ccc(O)c(N=Nc3ccccc3O)c2)cc1. The summed E-state index contributed by atoms with van der Waals surface area (Å²) in [6.07, 6.45) is 20.5. The van der Waals surface area contributed by atoms with Crippen LogP contribution in [0.4, 0.5) is 11.4 Å². The van der Waals surface area contributed by atoms with Crippen LogP contribution in [0.2, 0.25) is 0 Å². The van der Waals surface area contributed by atoms with Crippen molar-refractivity contribution in [2.45, 2.75) is 103 Å². The van der Waals surface area contributed by atoms with Gasteiger partial charge in [-0.1, -0.05) is 133 Å². The van der Waals surface area contributed by atoms with Gasteiger partial charge in [-0.25, -0.2) is 0 Å². The van der Waals surface area contributed by atoms with Crippen LogP contribution in [-0.4, -0.2) is 10.2 Å². The Morgan fingerprint density at radius 3 is 1.61 bits per heavy atom. The predicted molar refractivity (Wildman–Crippen MR) is 160 cm³/mol. The van der Waals surface area contributed by atoms with Gasteiger partial charge in [0.05, 0.1) is 0 Å². The quantitative estimate of drug-likeness (QED) is 0.131. The number of nitrogens with zero attached hydrogens (tertiary/aromatic N) is 2. The average Bonchev–Trinajstić information content (AvgIpc) is 2.94. The van der Waals surface area contributed by atoms with Gasteiger partial charge in [-0.15, -0.1) is 10.2 Å². The molecule has 0 aliphatic heterocycles. The lowest BCUT2D eigenvalue weighted by molar-refractivity contribution is 0.474. The Labute approximate surface area is 229 Å². The zero-order valence-corrected chi connectivity index (χ0v) is 23.2. The van der Waals surface area contributed by atoms with Gasteiger partial charge in [0.25, 0.3) is 0 Å². The first-order chi connectivity index (χ1) is 18.7. The lowest BCUT2D eigenvalue weighted by Gasteiger charge is -2.07. The number of hydrogen-bond acceptors (Lipinski definition) is 4. The Balaban J connectivity index is 1.33. The zero-order valence-electron chi connectivity index (χ0n) is 23.2. The monoisotopic (exact) mass is 514 g/mol. The second kappa shape index (κ2) is 17.4. The fourth-order valence-corrected chi connectivity index (χ4v) is 4.83. The van der Waals surface area contributed by atoms with Crippen LogP contribution in [0.5, 0.6) is 11.5 Å². The highest BCUT2D eigenvalue weighted by molar-refractivity contribution is 5.70. The molecule has 0 atom stereocenters. The molecule has 4 nitrogen and oxygen atoms in total. The smallest absolute Gasteiger partial charge is 0.143 e. The minimum Gasteiger partial charge on any atom is -0.506 e. The van der Waals surface area contributed by atoms with E-state index < -0.39 is 0 Å². The molecular formula is C34H46N2O2. The molecule has 0 radical (unpaired) electrons. The summed E-state index contributed by atoms with van der Waals surface area (Å²) in [4.78, 5) is 0. The number of phenolic OH excluding ortho intramolecular Hbond substituents is 2. The first kappa shape index (κ1) is 29.4. The van der Waals surface area contributed by atoms with Gasteiger partial charge < -0.3 is 10.2 Å². The molecular weight excluding hydrogens is 468 g/mol. The van der Waals surface area contributed by atoms with Gasteiger partial charge in [0, 0.05) is 0 Å². The van der Waals surface area contributed by atoms with Crippen LogP contribution < -0.4 is 0 Å². The summed E-state index contributed by atoms with van der Waals surface area (Å²) < 4.78 is 0. The zero-order chi connectivity index (χ0) is 26.8. The van der Waals surface area contributed by atoms with Crippen LogP contribution >= 0.6 is 0 Å². The highest BCUT2D eigenvalue weighted by Crippen LogP contribution is 2.34. The predicted octanol–water partition coefficient (Wildman–Crippen LogP) is 11.2. The summed E-state index contributed by atoms with van der Waals surface area (Å²) in [6.45, 7) is 2.28. The van der Waals surface area contributed by atoms with Crippen LogP contribution in [0.25, 0.3) is 11.1 Å². The highest BCUT2D eigenvalue weighted by atomic mass is 16.3. The summed E-state index contributed by atoms with van der Waals surface area (Å²) >= 11 is 0. The first-order valence-electron chi connectivity index (χ1n) is 14.8. The van der Waals surface area contributed by atoms with Crippen molar-refractivity contribution in [1.82, 2.24) is 0 Å². The van der Waals surface area contributed by atoms with E-state index in [9.17, 15) is 10.2 Å². The van der Waals surface area contributed by atoms with E-state index in [0.29, 0.717) is 11.4 Å². The Kier molecular flexibility index (Phi) is 13.5. The van der Waals surface area contributed by atoms with Crippen LogP contribution in [0, 0.1) is 0 Å². The number of azo groups is 1. The lowest BCUT2D eigenvalue weighted by atomic mass is 10.00. The van der Waals surface area contributed by atoms with Crippen LogP contribution in [0.3, 0.4) is 0 Å². The largest absolute Gasteiger partial charge is 0.506 e. The summed E-state index contributed by atoms with van der Waals surface area (Å²) in [5, 5.41) is 28.3. The number of rotatable bonds is 18. The molecule has 3 aromatic carbocycles. The normalized spacial score (nSPS) is 11.4. The van der Waals surface area contributed by atoms with Crippen molar-refractivity contribution in [2.75, 3.05) is 0 Å². The third-order valence-electron chi connectivity index (χ3n) is 7.23. The lowest BCUT2D eigenvalue weighted by Crippen LogP contribution is -1.87. The molecule has 0 saturated carbocycles. The Morgan fingerprint density at radius 2 is 1.00 bits per heavy atom. The number of para-hydroxylation sites is 1. The van der Waals surface area contributed by atoms with Crippen LogP contribution in [-0.2, 0) is 6.42 Å². The summed E-state index contributed by atoms with van der Waals surface area (Å²) in [5.74, 6) is 0.114. The van der Waals surface area contributed by atoms with E-state index in [1.54, 1.807) is 30.3 Å². The second-order valence-corrected chi connectivity index (χ2v) is 10.4. The Bertz CT molecular complexity index is 1090. The molecule has 0 heterocycles. The maximum atomic E-state index is 10.2. The summed E-state index contributed by atoms with van der Waals surface area (Å²) in [7, 11) is 0.